The van der Waals surface area contributed by atoms with E-state index in [2.05, 4.69) is 17.4 Å². The third-order valence-electron chi connectivity index (χ3n) is 5.67. The van der Waals surface area contributed by atoms with E-state index in [9.17, 15) is 14.7 Å². The summed E-state index contributed by atoms with van der Waals surface area (Å²) in [5.74, 6) is 0.954. The minimum atomic E-state index is -0.741. The van der Waals surface area contributed by atoms with Crippen molar-refractivity contribution in [1.82, 2.24) is 10.2 Å². The van der Waals surface area contributed by atoms with E-state index in [1.165, 1.54) is 5.56 Å². The molecule has 1 aliphatic rings. The fourth-order valence-electron chi connectivity index (χ4n) is 3.85. The number of benzene rings is 2. The number of nitrogens with one attached hydrogen (secondary N) is 1. The number of thioether (sulfide) groups is 1. The van der Waals surface area contributed by atoms with Crippen molar-refractivity contribution in [1.29, 1.82) is 0 Å². The number of nitrogens with zero attached hydrogens (tertiary/aromatic N) is 1. The van der Waals surface area contributed by atoms with Crippen LogP contribution in [-0.4, -0.2) is 45.5 Å². The molecule has 3 rings (SSSR count). The van der Waals surface area contributed by atoms with Gasteiger partial charge in [0.05, 0.1) is 11.9 Å². The van der Waals surface area contributed by atoms with Crippen LogP contribution < -0.4 is 5.32 Å². The molecule has 0 saturated carbocycles. The monoisotopic (exact) mass is 440 g/mol. The summed E-state index contributed by atoms with van der Waals surface area (Å²) in [6, 6.07) is 18.6. The van der Waals surface area contributed by atoms with E-state index >= 15 is 0 Å². The van der Waals surface area contributed by atoms with E-state index in [1.807, 2.05) is 62.4 Å². The van der Waals surface area contributed by atoms with Crippen molar-refractivity contribution in [2.75, 3.05) is 11.6 Å². The summed E-state index contributed by atoms with van der Waals surface area (Å²) in [5.41, 5.74) is 2.01. The van der Waals surface area contributed by atoms with Crippen molar-refractivity contribution in [3.63, 3.8) is 0 Å². The predicted octanol–water partition coefficient (Wildman–Crippen LogP) is 3.79. The summed E-state index contributed by atoms with van der Waals surface area (Å²) in [6.07, 6.45) is 1.22. The Balaban J connectivity index is 1.59. The Morgan fingerprint density at radius 1 is 1.10 bits per heavy atom. The van der Waals surface area contributed by atoms with Crippen molar-refractivity contribution >= 4 is 23.6 Å². The molecule has 2 aromatic carbocycles. The minimum Gasteiger partial charge on any atom is -0.386 e. The fourth-order valence-corrected chi connectivity index (χ4v) is 5.08. The first kappa shape index (κ1) is 23.4. The molecule has 0 bridgehead atoms. The zero-order chi connectivity index (χ0) is 22.2. The predicted molar refractivity (Wildman–Crippen MR) is 126 cm³/mol. The van der Waals surface area contributed by atoms with Gasteiger partial charge >= 0.3 is 0 Å². The molecular formula is C25H32N2O3S. The molecule has 2 amide bonds. The molecule has 0 radical (unpaired) electrons. The zero-order valence-electron chi connectivity index (χ0n) is 18.2. The molecule has 0 spiro atoms. The van der Waals surface area contributed by atoms with Gasteiger partial charge < -0.3 is 15.3 Å². The van der Waals surface area contributed by atoms with Gasteiger partial charge in [-0.3, -0.25) is 9.59 Å². The number of hydrogen-bond acceptors (Lipinski definition) is 4. The summed E-state index contributed by atoms with van der Waals surface area (Å²) >= 11 is 1.63. The number of amides is 2. The molecule has 2 N–H and O–H groups in total. The Bertz CT molecular complexity index is 844. The quantitative estimate of drug-likeness (QED) is 0.623. The average Bonchev–Trinajstić information content (AvgIpc) is 3.27. The van der Waals surface area contributed by atoms with Crippen LogP contribution in [0.5, 0.6) is 0 Å². The highest BCUT2D eigenvalue weighted by molar-refractivity contribution is 7.99. The number of carbonyl (C=O) groups is 2. The molecule has 1 fully saturated rings. The number of hydrogen-bond donors (Lipinski definition) is 2. The van der Waals surface area contributed by atoms with Crippen LogP contribution in [0, 0.1) is 5.92 Å². The van der Waals surface area contributed by atoms with Crippen molar-refractivity contribution < 1.29 is 14.7 Å². The summed E-state index contributed by atoms with van der Waals surface area (Å²) in [4.78, 5) is 27.7. The van der Waals surface area contributed by atoms with Gasteiger partial charge in [0.25, 0.3) is 0 Å². The maximum absolute atomic E-state index is 13.4. The lowest BCUT2D eigenvalue weighted by molar-refractivity contribution is -0.139. The number of aliphatic hydroxyl groups is 1. The maximum atomic E-state index is 13.4. The molecule has 6 heteroatoms. The third kappa shape index (κ3) is 6.34. The summed E-state index contributed by atoms with van der Waals surface area (Å²) in [6.45, 7) is 3.89. The normalized spacial score (nSPS) is 18.1. The second-order valence-corrected chi connectivity index (χ2v) is 9.36. The summed E-state index contributed by atoms with van der Waals surface area (Å²) in [7, 11) is 0. The van der Waals surface area contributed by atoms with Gasteiger partial charge in [0.2, 0.25) is 11.8 Å². The lowest BCUT2D eigenvalue weighted by Gasteiger charge is -2.32. The number of aryl methyl sites for hydroxylation is 1. The Morgan fingerprint density at radius 3 is 2.39 bits per heavy atom. The van der Waals surface area contributed by atoms with Crippen LogP contribution in [0.4, 0.5) is 0 Å². The molecule has 0 aromatic heterocycles. The average molecular weight is 441 g/mol. The minimum absolute atomic E-state index is 0.0364. The van der Waals surface area contributed by atoms with E-state index in [0.29, 0.717) is 18.1 Å². The highest BCUT2D eigenvalue weighted by Crippen LogP contribution is 2.31. The molecule has 2 aromatic rings. The van der Waals surface area contributed by atoms with Gasteiger partial charge in [0.1, 0.15) is 12.1 Å². The Morgan fingerprint density at radius 2 is 1.74 bits per heavy atom. The first-order valence-electron chi connectivity index (χ1n) is 10.9. The van der Waals surface area contributed by atoms with Gasteiger partial charge in [-0.1, -0.05) is 74.5 Å². The molecule has 3 atom stereocenters. The van der Waals surface area contributed by atoms with E-state index < -0.39 is 12.1 Å². The van der Waals surface area contributed by atoms with Gasteiger partial charge in [-0.2, -0.15) is 0 Å². The van der Waals surface area contributed by atoms with Crippen LogP contribution in [0.3, 0.4) is 0 Å². The highest BCUT2D eigenvalue weighted by atomic mass is 32.2. The third-order valence-corrected chi connectivity index (χ3v) is 6.71. The largest absolute Gasteiger partial charge is 0.386 e. The Hall–Kier alpha value is -2.31. The van der Waals surface area contributed by atoms with E-state index in [1.54, 1.807) is 16.7 Å². The van der Waals surface area contributed by atoms with Crippen molar-refractivity contribution in [3.8, 4) is 0 Å². The summed E-state index contributed by atoms with van der Waals surface area (Å²) in [5, 5.41) is 13.8. The molecule has 0 aliphatic carbocycles. The van der Waals surface area contributed by atoms with Gasteiger partial charge in [-0.05, 0) is 29.9 Å². The molecule has 1 aliphatic heterocycles. The molecule has 166 valence electrons. The lowest BCUT2D eigenvalue weighted by Crippen LogP contribution is -2.53. The molecular weight excluding hydrogens is 408 g/mol. The van der Waals surface area contributed by atoms with Gasteiger partial charge in [0, 0.05) is 12.2 Å². The van der Waals surface area contributed by atoms with E-state index in [0.717, 1.165) is 18.4 Å². The van der Waals surface area contributed by atoms with Gasteiger partial charge in [-0.15, -0.1) is 11.8 Å². The Labute approximate surface area is 189 Å². The van der Waals surface area contributed by atoms with Crippen LogP contribution in [0.15, 0.2) is 60.7 Å². The van der Waals surface area contributed by atoms with Gasteiger partial charge in [-0.25, -0.2) is 0 Å². The fraction of sp³-hybridized carbons (Fsp3) is 0.440. The first-order valence-corrected chi connectivity index (χ1v) is 12.1. The van der Waals surface area contributed by atoms with Crippen LogP contribution in [0.1, 0.15) is 43.9 Å². The summed E-state index contributed by atoms with van der Waals surface area (Å²) < 4.78 is 0. The van der Waals surface area contributed by atoms with Gasteiger partial charge in [0.15, 0.2) is 0 Å². The number of carbonyl (C=O) groups excluding carboxylic acids is 2. The molecule has 5 nitrogen and oxygen atoms in total. The lowest BCUT2D eigenvalue weighted by atomic mass is 9.98. The zero-order valence-corrected chi connectivity index (χ0v) is 19.1. The van der Waals surface area contributed by atoms with Crippen molar-refractivity contribution in [3.05, 3.63) is 71.8 Å². The topological polar surface area (TPSA) is 69.6 Å². The molecule has 3 unspecified atom stereocenters. The second kappa shape index (κ2) is 11.3. The SMILES string of the molecule is CC(C)C(NC(=O)CCCc1ccccc1)C(=O)N1CSCC1C(O)c1ccccc1. The van der Waals surface area contributed by atoms with Crippen molar-refractivity contribution in [2.24, 2.45) is 5.92 Å². The number of rotatable bonds is 9. The molecule has 1 saturated heterocycles. The van der Waals surface area contributed by atoms with Crippen LogP contribution in [0.2, 0.25) is 0 Å². The molecule has 31 heavy (non-hydrogen) atoms. The molecule has 1 heterocycles. The first-order chi connectivity index (χ1) is 15.0. The van der Waals surface area contributed by atoms with Crippen LogP contribution >= 0.6 is 11.8 Å². The van der Waals surface area contributed by atoms with Crippen LogP contribution in [0.25, 0.3) is 0 Å². The van der Waals surface area contributed by atoms with Crippen LogP contribution in [-0.2, 0) is 16.0 Å². The van der Waals surface area contributed by atoms with Crippen molar-refractivity contribution in [2.45, 2.75) is 51.3 Å². The smallest absolute Gasteiger partial charge is 0.246 e. The highest BCUT2D eigenvalue weighted by Gasteiger charge is 2.39. The maximum Gasteiger partial charge on any atom is 0.246 e. The van der Waals surface area contributed by atoms with E-state index in [-0.39, 0.29) is 23.8 Å². The standard InChI is InChI=1S/C25H32N2O3S/c1-18(2)23(26-22(28)15-9-12-19-10-5-3-6-11-19)25(30)27-17-31-16-21(27)24(29)20-13-7-4-8-14-20/h3-8,10-11,13-14,18,21,23-24,29H,9,12,15-17H2,1-2H3,(H,26,28). The number of aliphatic hydroxyl groups excluding tert-OH is 1. The van der Waals surface area contributed by atoms with E-state index in [4.69, 9.17) is 0 Å². The second-order valence-electron chi connectivity index (χ2n) is 8.36. The Kier molecular flexibility index (Phi) is 8.55.